The number of carbonyl (C=O) groups excluding carboxylic acids is 1. The van der Waals surface area contributed by atoms with Crippen LogP contribution < -0.4 is 5.32 Å². The van der Waals surface area contributed by atoms with Crippen LogP contribution in [0, 0.1) is 0 Å². The van der Waals surface area contributed by atoms with Crippen molar-refractivity contribution < 1.29 is 4.79 Å². The average Bonchev–Trinajstić information content (AvgIpc) is 1.87. The highest BCUT2D eigenvalue weighted by Gasteiger charge is 1.92. The third kappa shape index (κ3) is 5.08. The number of nitrogens with zero attached hydrogens (tertiary/aromatic N) is 1. The van der Waals surface area contributed by atoms with Crippen LogP contribution in [0.3, 0.4) is 0 Å². The summed E-state index contributed by atoms with van der Waals surface area (Å²) in [7, 11) is 0. The van der Waals surface area contributed by atoms with Gasteiger partial charge in [-0.1, -0.05) is 6.08 Å². The van der Waals surface area contributed by atoms with E-state index in [2.05, 4.69) is 17.0 Å². The molecule has 0 radical (unpaired) electrons. The van der Waals surface area contributed by atoms with Gasteiger partial charge in [0.05, 0.1) is 5.70 Å². The van der Waals surface area contributed by atoms with Crippen molar-refractivity contribution in [3.63, 3.8) is 0 Å². The van der Waals surface area contributed by atoms with Crippen molar-refractivity contribution in [1.82, 2.24) is 5.32 Å². The number of nitrogens with one attached hydrogen (secondary N) is 1. The minimum Gasteiger partial charge on any atom is -0.325 e. The Morgan fingerprint density at radius 1 is 1.64 bits per heavy atom. The summed E-state index contributed by atoms with van der Waals surface area (Å²) in [6.45, 7) is 6.58. The normalized spacial score (nSPS) is 11.6. The summed E-state index contributed by atoms with van der Waals surface area (Å²) in [4.78, 5) is 14.1. The van der Waals surface area contributed by atoms with E-state index in [4.69, 9.17) is 0 Å². The van der Waals surface area contributed by atoms with Crippen molar-refractivity contribution in [2.24, 2.45) is 4.99 Å². The summed E-state index contributed by atoms with van der Waals surface area (Å²) in [5, 5.41) is 2.58. The van der Waals surface area contributed by atoms with E-state index in [-0.39, 0.29) is 5.91 Å². The molecule has 0 aromatic carbocycles. The van der Waals surface area contributed by atoms with Gasteiger partial charge in [-0.2, -0.15) is 0 Å². The zero-order chi connectivity index (χ0) is 8.69. The van der Waals surface area contributed by atoms with Gasteiger partial charge in [0.15, 0.2) is 0 Å². The molecule has 0 spiro atoms. The molecule has 0 aliphatic rings. The molecule has 1 N–H and O–H groups in total. The highest BCUT2D eigenvalue weighted by molar-refractivity contribution is 5.75. The van der Waals surface area contributed by atoms with E-state index in [0.29, 0.717) is 5.70 Å². The number of aliphatic imine (C=N–C) groups is 1. The minimum atomic E-state index is -0.113. The van der Waals surface area contributed by atoms with Crippen LogP contribution in [0.25, 0.3) is 0 Å². The first kappa shape index (κ1) is 9.62. The van der Waals surface area contributed by atoms with Gasteiger partial charge in [0.2, 0.25) is 5.91 Å². The molecule has 0 saturated carbocycles. The fraction of sp³-hybridized carbons (Fsp3) is 0.250. The molecule has 3 nitrogen and oxygen atoms in total. The standard InChI is InChI=1S/C8H12N2O/c1-4-5-8(6-9-3)10-7(2)11/h4-6H,3H2,1-2H3,(H,10,11)/b5-4-,8-6+. The third-order valence-corrected chi connectivity index (χ3v) is 0.897. The first-order chi connectivity index (χ1) is 5.20. The highest BCUT2D eigenvalue weighted by Crippen LogP contribution is 1.91. The minimum absolute atomic E-state index is 0.113. The zero-order valence-electron chi connectivity index (χ0n) is 6.79. The molecule has 0 atom stereocenters. The van der Waals surface area contributed by atoms with Crippen LogP contribution in [0.2, 0.25) is 0 Å². The molecule has 0 fully saturated rings. The monoisotopic (exact) mass is 152 g/mol. The van der Waals surface area contributed by atoms with Crippen LogP contribution in [0.5, 0.6) is 0 Å². The summed E-state index contributed by atoms with van der Waals surface area (Å²) in [6.07, 6.45) is 5.05. The van der Waals surface area contributed by atoms with Gasteiger partial charge >= 0.3 is 0 Å². The molecule has 0 aliphatic carbocycles. The van der Waals surface area contributed by atoms with E-state index < -0.39 is 0 Å². The van der Waals surface area contributed by atoms with E-state index in [1.807, 2.05) is 13.0 Å². The van der Waals surface area contributed by atoms with Crippen molar-refractivity contribution in [2.45, 2.75) is 13.8 Å². The number of allylic oxidation sites excluding steroid dienone is 2. The second-order valence-electron chi connectivity index (χ2n) is 1.95. The fourth-order valence-electron chi connectivity index (χ4n) is 0.598. The van der Waals surface area contributed by atoms with E-state index in [0.717, 1.165) is 0 Å². The molecule has 3 heteroatoms. The summed E-state index contributed by atoms with van der Waals surface area (Å²) in [5.41, 5.74) is 0.648. The molecule has 11 heavy (non-hydrogen) atoms. The number of carbonyl (C=O) groups is 1. The third-order valence-electron chi connectivity index (χ3n) is 0.897. The van der Waals surface area contributed by atoms with Gasteiger partial charge in [0, 0.05) is 13.1 Å². The number of hydrogen-bond donors (Lipinski definition) is 1. The maximum Gasteiger partial charge on any atom is 0.221 e. The van der Waals surface area contributed by atoms with Crippen molar-refractivity contribution in [3.8, 4) is 0 Å². The largest absolute Gasteiger partial charge is 0.325 e. The van der Waals surface area contributed by atoms with E-state index in [9.17, 15) is 4.79 Å². The Hall–Kier alpha value is -1.38. The second-order valence-corrected chi connectivity index (χ2v) is 1.95. The lowest BCUT2D eigenvalue weighted by Gasteiger charge is -1.99. The predicted molar refractivity (Wildman–Crippen MR) is 46.3 cm³/mol. The van der Waals surface area contributed by atoms with Gasteiger partial charge in [0.25, 0.3) is 0 Å². The zero-order valence-corrected chi connectivity index (χ0v) is 6.79. The molecular formula is C8H12N2O. The van der Waals surface area contributed by atoms with Gasteiger partial charge in [-0.25, -0.2) is 0 Å². The lowest BCUT2D eigenvalue weighted by molar-refractivity contribution is -0.118. The van der Waals surface area contributed by atoms with Gasteiger partial charge in [0.1, 0.15) is 0 Å². The van der Waals surface area contributed by atoms with Crippen LogP contribution in [0.15, 0.2) is 29.0 Å². The van der Waals surface area contributed by atoms with Crippen molar-refractivity contribution >= 4 is 12.6 Å². The molecule has 0 heterocycles. The molecule has 60 valence electrons. The summed E-state index contributed by atoms with van der Waals surface area (Å²) >= 11 is 0. The highest BCUT2D eigenvalue weighted by atomic mass is 16.1. The smallest absolute Gasteiger partial charge is 0.221 e. The molecule has 1 amide bonds. The average molecular weight is 152 g/mol. The Balaban J connectivity index is 4.22. The molecular weight excluding hydrogens is 140 g/mol. The van der Waals surface area contributed by atoms with E-state index >= 15 is 0 Å². The number of rotatable bonds is 3. The molecule has 0 rings (SSSR count). The SMILES string of the molecule is C=N/C=C(\C=C/C)NC(C)=O. The maximum atomic E-state index is 10.6. The van der Waals surface area contributed by atoms with Crippen molar-refractivity contribution in [3.05, 3.63) is 24.0 Å². The van der Waals surface area contributed by atoms with Crippen LogP contribution in [0.1, 0.15) is 13.8 Å². The van der Waals surface area contributed by atoms with Gasteiger partial charge < -0.3 is 5.32 Å². The van der Waals surface area contributed by atoms with E-state index in [1.165, 1.54) is 13.1 Å². The van der Waals surface area contributed by atoms with Crippen LogP contribution >= 0.6 is 0 Å². The summed E-state index contributed by atoms with van der Waals surface area (Å²) in [6, 6.07) is 0. The lowest BCUT2D eigenvalue weighted by atomic mass is 10.4. The van der Waals surface area contributed by atoms with Crippen LogP contribution in [-0.4, -0.2) is 12.6 Å². The van der Waals surface area contributed by atoms with E-state index in [1.54, 1.807) is 6.08 Å². The maximum absolute atomic E-state index is 10.6. The topological polar surface area (TPSA) is 41.5 Å². The first-order valence-corrected chi connectivity index (χ1v) is 3.27. The van der Waals surface area contributed by atoms with Crippen molar-refractivity contribution in [2.75, 3.05) is 0 Å². The van der Waals surface area contributed by atoms with Crippen molar-refractivity contribution in [1.29, 1.82) is 0 Å². The lowest BCUT2D eigenvalue weighted by Crippen LogP contribution is -2.17. The molecule has 0 aromatic rings. The Bertz CT molecular complexity index is 204. The summed E-state index contributed by atoms with van der Waals surface area (Å²) < 4.78 is 0. The Labute approximate surface area is 66.5 Å². The molecule has 0 aliphatic heterocycles. The Kier molecular flexibility index (Phi) is 4.73. The molecule has 0 unspecified atom stereocenters. The molecule has 0 aromatic heterocycles. The summed E-state index contributed by atoms with van der Waals surface area (Å²) in [5.74, 6) is -0.113. The second kappa shape index (κ2) is 5.41. The first-order valence-electron chi connectivity index (χ1n) is 3.27. The fourth-order valence-corrected chi connectivity index (χ4v) is 0.598. The van der Waals surface area contributed by atoms with Crippen LogP contribution in [0.4, 0.5) is 0 Å². The van der Waals surface area contributed by atoms with Gasteiger partial charge in [-0.3, -0.25) is 9.79 Å². The van der Waals surface area contributed by atoms with Gasteiger partial charge in [-0.15, -0.1) is 0 Å². The Morgan fingerprint density at radius 2 is 2.27 bits per heavy atom. The molecule has 0 saturated heterocycles. The quantitative estimate of drug-likeness (QED) is 0.479. The predicted octanol–water partition coefficient (Wildman–Crippen LogP) is 1.24. The number of amides is 1. The number of hydrogen-bond acceptors (Lipinski definition) is 2. The van der Waals surface area contributed by atoms with Gasteiger partial charge in [-0.05, 0) is 19.7 Å². The van der Waals surface area contributed by atoms with Crippen LogP contribution in [-0.2, 0) is 4.79 Å². The Morgan fingerprint density at radius 3 is 2.64 bits per heavy atom. The molecule has 0 bridgehead atoms.